The summed E-state index contributed by atoms with van der Waals surface area (Å²) in [6.07, 6.45) is 0. The maximum absolute atomic E-state index is 12.3. The van der Waals surface area contributed by atoms with Gasteiger partial charge in [0.2, 0.25) is 10.0 Å². The molecule has 0 aliphatic carbocycles. The number of nitrogens with zero attached hydrogens (tertiary/aromatic N) is 1. The third-order valence-electron chi connectivity index (χ3n) is 3.12. The molecule has 3 rings (SSSR count). The van der Waals surface area contributed by atoms with E-state index in [4.69, 9.17) is 11.6 Å². The van der Waals surface area contributed by atoms with Gasteiger partial charge in [-0.25, -0.2) is 13.4 Å². The third kappa shape index (κ3) is 4.10. The summed E-state index contributed by atoms with van der Waals surface area (Å²) in [5, 5.41) is 2.60. The first-order chi connectivity index (χ1) is 11.0. The molecule has 7 heteroatoms. The fourth-order valence-corrected chi connectivity index (χ4v) is 4.51. The number of halogens is 1. The molecule has 0 amide bonds. The summed E-state index contributed by atoms with van der Waals surface area (Å²) in [5.41, 5.74) is 2.24. The molecule has 0 unspecified atom stereocenters. The summed E-state index contributed by atoms with van der Waals surface area (Å²) in [4.78, 5) is 4.32. The van der Waals surface area contributed by atoms with Crippen LogP contribution in [0.5, 0.6) is 0 Å². The second-order valence-corrected chi connectivity index (χ2v) is 7.84. The SMILES string of the molecule is O=S(=O)(Cc1ccccc1Cl)Nc1nc(-c2ccccc2)cs1. The topological polar surface area (TPSA) is 59.1 Å². The summed E-state index contributed by atoms with van der Waals surface area (Å²) in [7, 11) is -3.57. The van der Waals surface area contributed by atoms with Crippen LogP contribution in [0, 0.1) is 0 Å². The number of nitrogens with one attached hydrogen (secondary N) is 1. The first kappa shape index (κ1) is 16.0. The Balaban J connectivity index is 1.77. The third-order valence-corrected chi connectivity index (χ3v) is 5.57. The zero-order valence-corrected chi connectivity index (χ0v) is 14.3. The van der Waals surface area contributed by atoms with Crippen LogP contribution in [0.1, 0.15) is 5.56 Å². The first-order valence-electron chi connectivity index (χ1n) is 6.78. The first-order valence-corrected chi connectivity index (χ1v) is 9.69. The highest BCUT2D eigenvalue weighted by Gasteiger charge is 2.16. The van der Waals surface area contributed by atoms with Crippen molar-refractivity contribution < 1.29 is 8.42 Å². The average molecular weight is 365 g/mol. The number of sulfonamides is 1. The molecule has 0 spiro atoms. The van der Waals surface area contributed by atoms with E-state index in [-0.39, 0.29) is 5.75 Å². The van der Waals surface area contributed by atoms with Crippen molar-refractivity contribution in [1.29, 1.82) is 0 Å². The Morgan fingerprint density at radius 2 is 1.74 bits per heavy atom. The maximum Gasteiger partial charge on any atom is 0.238 e. The van der Waals surface area contributed by atoms with E-state index in [9.17, 15) is 8.42 Å². The van der Waals surface area contributed by atoms with E-state index in [1.54, 1.807) is 24.3 Å². The highest BCUT2D eigenvalue weighted by atomic mass is 35.5. The minimum Gasteiger partial charge on any atom is -0.258 e. The minimum absolute atomic E-state index is 0.188. The van der Waals surface area contributed by atoms with Crippen molar-refractivity contribution in [3.8, 4) is 11.3 Å². The fraction of sp³-hybridized carbons (Fsp3) is 0.0625. The summed E-state index contributed by atoms with van der Waals surface area (Å²) in [6, 6.07) is 16.5. The lowest BCUT2D eigenvalue weighted by Gasteiger charge is -2.06. The number of aromatic nitrogens is 1. The van der Waals surface area contributed by atoms with Crippen LogP contribution in [-0.2, 0) is 15.8 Å². The number of hydrogen-bond donors (Lipinski definition) is 1. The molecule has 0 aliphatic heterocycles. The number of anilines is 1. The van der Waals surface area contributed by atoms with Crippen LogP contribution in [0.15, 0.2) is 60.0 Å². The molecule has 0 bridgehead atoms. The molecule has 3 aromatic rings. The largest absolute Gasteiger partial charge is 0.258 e. The lowest BCUT2D eigenvalue weighted by atomic mass is 10.2. The average Bonchev–Trinajstić information content (AvgIpc) is 2.98. The number of hydrogen-bond acceptors (Lipinski definition) is 4. The molecule has 0 fully saturated rings. The van der Waals surface area contributed by atoms with Gasteiger partial charge in [0.1, 0.15) is 0 Å². The van der Waals surface area contributed by atoms with E-state index in [2.05, 4.69) is 9.71 Å². The zero-order chi connectivity index (χ0) is 16.3. The molecule has 0 atom stereocenters. The van der Waals surface area contributed by atoms with Crippen LogP contribution in [-0.4, -0.2) is 13.4 Å². The molecule has 0 radical (unpaired) electrons. The van der Waals surface area contributed by atoms with E-state index in [1.807, 2.05) is 35.7 Å². The Kier molecular flexibility index (Phi) is 4.66. The van der Waals surface area contributed by atoms with Crippen molar-refractivity contribution in [2.24, 2.45) is 0 Å². The van der Waals surface area contributed by atoms with Crippen LogP contribution in [0.25, 0.3) is 11.3 Å². The summed E-state index contributed by atoms with van der Waals surface area (Å²) in [6.45, 7) is 0. The van der Waals surface area contributed by atoms with Crippen molar-refractivity contribution in [2.45, 2.75) is 5.75 Å². The second kappa shape index (κ2) is 6.70. The van der Waals surface area contributed by atoms with Crippen LogP contribution in [0.2, 0.25) is 5.02 Å². The van der Waals surface area contributed by atoms with Gasteiger partial charge in [-0.2, -0.15) is 0 Å². The van der Waals surface area contributed by atoms with Crippen LogP contribution in [0.3, 0.4) is 0 Å². The Labute approximate surface area is 143 Å². The van der Waals surface area contributed by atoms with Gasteiger partial charge in [-0.1, -0.05) is 60.1 Å². The molecule has 23 heavy (non-hydrogen) atoms. The van der Waals surface area contributed by atoms with E-state index < -0.39 is 10.0 Å². The summed E-state index contributed by atoms with van der Waals surface area (Å²) < 4.78 is 27.0. The highest BCUT2D eigenvalue weighted by Crippen LogP contribution is 2.26. The smallest absolute Gasteiger partial charge is 0.238 e. The quantitative estimate of drug-likeness (QED) is 0.729. The Morgan fingerprint density at radius 1 is 1.04 bits per heavy atom. The van der Waals surface area contributed by atoms with Crippen LogP contribution >= 0.6 is 22.9 Å². The number of rotatable bonds is 5. The Hall–Kier alpha value is -1.89. The normalized spacial score (nSPS) is 11.3. The lowest BCUT2D eigenvalue weighted by molar-refractivity contribution is 0.600. The summed E-state index contributed by atoms with van der Waals surface area (Å²) in [5.74, 6) is -0.188. The molecule has 0 saturated heterocycles. The van der Waals surface area contributed by atoms with Gasteiger partial charge >= 0.3 is 0 Å². The van der Waals surface area contributed by atoms with Crippen molar-refractivity contribution in [1.82, 2.24) is 4.98 Å². The van der Waals surface area contributed by atoms with Gasteiger partial charge in [0, 0.05) is 16.0 Å². The molecule has 0 aliphatic rings. The monoisotopic (exact) mass is 364 g/mol. The molecule has 0 saturated carbocycles. The van der Waals surface area contributed by atoms with Gasteiger partial charge in [-0.15, -0.1) is 11.3 Å². The highest BCUT2D eigenvalue weighted by molar-refractivity contribution is 7.92. The van der Waals surface area contributed by atoms with Gasteiger partial charge in [0.05, 0.1) is 11.4 Å². The molecule has 1 aromatic heterocycles. The van der Waals surface area contributed by atoms with E-state index in [1.165, 1.54) is 11.3 Å². The fourth-order valence-electron chi connectivity index (χ4n) is 2.05. The van der Waals surface area contributed by atoms with Gasteiger partial charge in [-0.3, -0.25) is 4.72 Å². The second-order valence-electron chi connectivity index (χ2n) is 4.86. The van der Waals surface area contributed by atoms with Gasteiger partial charge < -0.3 is 0 Å². The summed E-state index contributed by atoms with van der Waals surface area (Å²) >= 11 is 7.26. The van der Waals surface area contributed by atoms with Crippen molar-refractivity contribution >= 4 is 38.1 Å². The predicted molar refractivity (Wildman–Crippen MR) is 95.2 cm³/mol. The van der Waals surface area contributed by atoms with Crippen molar-refractivity contribution in [3.05, 3.63) is 70.6 Å². The van der Waals surface area contributed by atoms with E-state index in [0.29, 0.717) is 15.7 Å². The molecule has 4 nitrogen and oxygen atoms in total. The van der Waals surface area contributed by atoms with E-state index >= 15 is 0 Å². The molecule has 1 N–H and O–H groups in total. The van der Waals surface area contributed by atoms with Gasteiger partial charge in [0.25, 0.3) is 0 Å². The van der Waals surface area contributed by atoms with Gasteiger partial charge in [-0.05, 0) is 11.6 Å². The number of thiazole rings is 1. The van der Waals surface area contributed by atoms with Crippen LogP contribution < -0.4 is 4.72 Å². The van der Waals surface area contributed by atoms with E-state index in [0.717, 1.165) is 11.3 Å². The van der Waals surface area contributed by atoms with Crippen LogP contribution in [0.4, 0.5) is 5.13 Å². The Bertz CT molecular complexity index is 909. The molecule has 1 heterocycles. The molecule has 118 valence electrons. The minimum atomic E-state index is -3.57. The zero-order valence-electron chi connectivity index (χ0n) is 11.9. The van der Waals surface area contributed by atoms with Crippen molar-refractivity contribution in [3.63, 3.8) is 0 Å². The number of benzene rings is 2. The standard InChI is InChI=1S/C16H13ClN2O2S2/c17-14-9-5-4-8-13(14)11-23(20,21)19-16-18-15(10-22-16)12-6-2-1-3-7-12/h1-10H,11H2,(H,18,19). The molecular formula is C16H13ClN2O2S2. The molecule has 2 aromatic carbocycles. The predicted octanol–water partition coefficient (Wildman–Crippen LogP) is 4.41. The Morgan fingerprint density at radius 3 is 2.48 bits per heavy atom. The maximum atomic E-state index is 12.3. The molecular weight excluding hydrogens is 352 g/mol. The lowest BCUT2D eigenvalue weighted by Crippen LogP contribution is -2.15. The van der Waals surface area contributed by atoms with Crippen molar-refractivity contribution in [2.75, 3.05) is 4.72 Å². The van der Waals surface area contributed by atoms with Gasteiger partial charge in [0.15, 0.2) is 5.13 Å².